The maximum absolute atomic E-state index is 13.3. The van der Waals surface area contributed by atoms with E-state index in [1.165, 1.54) is 36.5 Å². The molecule has 3 aromatic rings. The molecule has 0 spiro atoms. The number of hydrogen-bond donors (Lipinski definition) is 2. The number of carbonyl (C=O) groups is 2. The molecular weight excluding hydrogens is 373 g/mol. The first-order chi connectivity index (χ1) is 13.9. The Morgan fingerprint density at radius 1 is 0.966 bits per heavy atom. The van der Waals surface area contributed by atoms with Gasteiger partial charge in [-0.25, -0.2) is 4.39 Å². The van der Waals surface area contributed by atoms with Gasteiger partial charge in [-0.2, -0.15) is 0 Å². The van der Waals surface area contributed by atoms with Gasteiger partial charge in [0.2, 0.25) is 0 Å². The third-order valence-electron chi connectivity index (χ3n) is 3.84. The fraction of sp³-hybridized carbons (Fsp3) is 0.136. The minimum Gasteiger partial charge on any atom is -0.489 e. The van der Waals surface area contributed by atoms with Crippen molar-refractivity contribution in [2.45, 2.75) is 20.0 Å². The van der Waals surface area contributed by atoms with Crippen LogP contribution < -0.4 is 15.4 Å². The van der Waals surface area contributed by atoms with Gasteiger partial charge in [0, 0.05) is 17.4 Å². The van der Waals surface area contributed by atoms with Gasteiger partial charge in [0.05, 0.1) is 11.8 Å². The Hall–Kier alpha value is -3.74. The van der Waals surface area contributed by atoms with E-state index in [4.69, 9.17) is 4.74 Å². The summed E-state index contributed by atoms with van der Waals surface area (Å²) in [7, 11) is 0. The molecule has 0 atom stereocenters. The van der Waals surface area contributed by atoms with Crippen LogP contribution in [0.1, 0.15) is 34.7 Å². The summed E-state index contributed by atoms with van der Waals surface area (Å²) in [6.07, 6.45) is 1.32. The fourth-order valence-electron chi connectivity index (χ4n) is 2.58. The number of halogens is 1. The molecule has 7 heteroatoms. The lowest BCUT2D eigenvalue weighted by molar-refractivity contribution is 0.102. The third-order valence-corrected chi connectivity index (χ3v) is 3.84. The molecule has 6 nitrogen and oxygen atoms in total. The number of para-hydroxylation sites is 2. The molecule has 1 heterocycles. The molecule has 0 aliphatic rings. The predicted octanol–water partition coefficient (Wildman–Crippen LogP) is 4.51. The SMILES string of the molecule is CC(C)Oc1ccccc1NC(=O)c1ccnc(C(=O)Nc2cccc(F)c2)c1. The Morgan fingerprint density at radius 3 is 2.52 bits per heavy atom. The van der Waals surface area contributed by atoms with Crippen LogP contribution in [0.3, 0.4) is 0 Å². The van der Waals surface area contributed by atoms with Gasteiger partial charge in [-0.3, -0.25) is 14.6 Å². The molecule has 3 rings (SSSR count). The fourth-order valence-corrected chi connectivity index (χ4v) is 2.58. The van der Waals surface area contributed by atoms with Crippen molar-refractivity contribution in [1.82, 2.24) is 4.98 Å². The summed E-state index contributed by atoms with van der Waals surface area (Å²) in [5.74, 6) is -0.874. The highest BCUT2D eigenvalue weighted by atomic mass is 19.1. The van der Waals surface area contributed by atoms with E-state index in [1.807, 2.05) is 19.9 Å². The Balaban J connectivity index is 1.75. The molecule has 2 amide bonds. The number of amides is 2. The largest absolute Gasteiger partial charge is 0.489 e. The Kier molecular flexibility index (Phi) is 6.19. The number of carbonyl (C=O) groups excluding carboxylic acids is 2. The van der Waals surface area contributed by atoms with Crippen molar-refractivity contribution < 1.29 is 18.7 Å². The average Bonchev–Trinajstić information content (AvgIpc) is 2.69. The first kappa shape index (κ1) is 20.0. The van der Waals surface area contributed by atoms with Crippen molar-refractivity contribution in [2.75, 3.05) is 10.6 Å². The van der Waals surface area contributed by atoms with Gasteiger partial charge in [0.15, 0.2) is 0 Å². The number of benzene rings is 2. The van der Waals surface area contributed by atoms with Crippen LogP contribution in [0.25, 0.3) is 0 Å². The van der Waals surface area contributed by atoms with Crippen molar-refractivity contribution in [3.8, 4) is 5.75 Å². The normalized spacial score (nSPS) is 10.5. The van der Waals surface area contributed by atoms with Crippen LogP contribution >= 0.6 is 0 Å². The molecule has 0 aliphatic heterocycles. The minimum absolute atomic E-state index is 0.0358. The summed E-state index contributed by atoms with van der Waals surface area (Å²) in [5, 5.41) is 5.33. The van der Waals surface area contributed by atoms with E-state index in [-0.39, 0.29) is 17.4 Å². The summed E-state index contributed by atoms with van der Waals surface area (Å²) in [4.78, 5) is 29.0. The third kappa shape index (κ3) is 5.38. The van der Waals surface area contributed by atoms with Crippen LogP contribution in [-0.4, -0.2) is 22.9 Å². The number of pyridine rings is 1. The predicted molar refractivity (Wildman–Crippen MR) is 109 cm³/mol. The number of hydrogen-bond acceptors (Lipinski definition) is 4. The Bertz CT molecular complexity index is 1040. The molecule has 2 N–H and O–H groups in total. The molecule has 148 valence electrons. The van der Waals surface area contributed by atoms with Gasteiger partial charge in [-0.05, 0) is 56.3 Å². The second-order valence-electron chi connectivity index (χ2n) is 6.51. The molecule has 29 heavy (non-hydrogen) atoms. The van der Waals surface area contributed by atoms with Crippen LogP contribution in [0.15, 0.2) is 66.9 Å². The highest BCUT2D eigenvalue weighted by molar-refractivity contribution is 6.08. The van der Waals surface area contributed by atoms with E-state index in [2.05, 4.69) is 15.6 Å². The molecular formula is C22H20FN3O3. The van der Waals surface area contributed by atoms with Crippen LogP contribution in [-0.2, 0) is 0 Å². The summed E-state index contributed by atoms with van der Waals surface area (Å²) < 4.78 is 19.0. The minimum atomic E-state index is -0.547. The highest BCUT2D eigenvalue weighted by Crippen LogP contribution is 2.25. The van der Waals surface area contributed by atoms with E-state index in [0.717, 1.165) is 0 Å². The monoisotopic (exact) mass is 393 g/mol. The van der Waals surface area contributed by atoms with Gasteiger partial charge in [-0.1, -0.05) is 18.2 Å². The first-order valence-electron chi connectivity index (χ1n) is 9.02. The smallest absolute Gasteiger partial charge is 0.274 e. The topological polar surface area (TPSA) is 80.3 Å². The van der Waals surface area contributed by atoms with Gasteiger partial charge < -0.3 is 15.4 Å². The lowest BCUT2D eigenvalue weighted by atomic mass is 10.2. The Labute approximate surface area is 167 Å². The van der Waals surface area contributed by atoms with E-state index >= 15 is 0 Å². The molecule has 0 radical (unpaired) electrons. The maximum atomic E-state index is 13.3. The molecule has 0 bridgehead atoms. The number of rotatable bonds is 6. The van der Waals surface area contributed by atoms with Crippen LogP contribution in [0.4, 0.5) is 15.8 Å². The summed E-state index contributed by atoms with van der Waals surface area (Å²) in [5.41, 5.74) is 1.11. The highest BCUT2D eigenvalue weighted by Gasteiger charge is 2.14. The Morgan fingerprint density at radius 2 is 1.76 bits per heavy atom. The van der Waals surface area contributed by atoms with Gasteiger partial charge in [0.25, 0.3) is 11.8 Å². The van der Waals surface area contributed by atoms with Crippen molar-refractivity contribution >= 4 is 23.2 Å². The van der Waals surface area contributed by atoms with Crippen molar-refractivity contribution in [1.29, 1.82) is 0 Å². The summed E-state index contributed by atoms with van der Waals surface area (Å²) >= 11 is 0. The quantitative estimate of drug-likeness (QED) is 0.646. The van der Waals surface area contributed by atoms with E-state index in [0.29, 0.717) is 17.1 Å². The van der Waals surface area contributed by atoms with Gasteiger partial charge in [-0.15, -0.1) is 0 Å². The van der Waals surface area contributed by atoms with Crippen molar-refractivity contribution in [3.63, 3.8) is 0 Å². The molecule has 0 saturated heterocycles. The van der Waals surface area contributed by atoms with Crippen LogP contribution in [0, 0.1) is 5.82 Å². The number of nitrogens with one attached hydrogen (secondary N) is 2. The molecule has 0 unspecified atom stereocenters. The molecule has 1 aromatic heterocycles. The van der Waals surface area contributed by atoms with E-state index < -0.39 is 17.6 Å². The van der Waals surface area contributed by atoms with Crippen LogP contribution in [0.2, 0.25) is 0 Å². The molecule has 0 saturated carbocycles. The zero-order valence-electron chi connectivity index (χ0n) is 16.0. The number of anilines is 2. The zero-order valence-corrected chi connectivity index (χ0v) is 16.0. The second-order valence-corrected chi connectivity index (χ2v) is 6.51. The van der Waals surface area contributed by atoms with E-state index in [9.17, 15) is 14.0 Å². The lowest BCUT2D eigenvalue weighted by Gasteiger charge is -2.15. The van der Waals surface area contributed by atoms with Gasteiger partial charge >= 0.3 is 0 Å². The molecule has 2 aromatic carbocycles. The van der Waals surface area contributed by atoms with Crippen molar-refractivity contribution in [2.24, 2.45) is 0 Å². The average molecular weight is 393 g/mol. The summed E-state index contributed by atoms with van der Waals surface area (Å²) in [6, 6.07) is 15.5. The lowest BCUT2D eigenvalue weighted by Crippen LogP contribution is -2.17. The van der Waals surface area contributed by atoms with Crippen molar-refractivity contribution in [3.05, 3.63) is 83.9 Å². The zero-order chi connectivity index (χ0) is 20.8. The standard InChI is InChI=1S/C22H20FN3O3/c1-14(2)29-20-9-4-3-8-18(20)26-21(27)15-10-11-24-19(12-15)22(28)25-17-7-5-6-16(23)13-17/h3-14H,1-2H3,(H,25,28)(H,26,27). The van der Waals surface area contributed by atoms with E-state index in [1.54, 1.807) is 24.3 Å². The molecule has 0 aliphatic carbocycles. The number of aromatic nitrogens is 1. The summed E-state index contributed by atoms with van der Waals surface area (Å²) in [6.45, 7) is 3.79. The number of ether oxygens (including phenoxy) is 1. The molecule has 0 fully saturated rings. The second kappa shape index (κ2) is 8.97. The van der Waals surface area contributed by atoms with Gasteiger partial charge in [0.1, 0.15) is 17.3 Å². The maximum Gasteiger partial charge on any atom is 0.274 e. The number of nitrogens with zero attached hydrogens (tertiary/aromatic N) is 1. The van der Waals surface area contributed by atoms with Crippen LogP contribution in [0.5, 0.6) is 5.75 Å². The first-order valence-corrected chi connectivity index (χ1v) is 9.02.